The third-order valence-corrected chi connectivity index (χ3v) is 14.6. The van der Waals surface area contributed by atoms with Gasteiger partial charge < -0.3 is 24.4 Å². The van der Waals surface area contributed by atoms with Gasteiger partial charge in [0.25, 0.3) is 0 Å². The Bertz CT molecular complexity index is 2300. The minimum Gasteiger partial charge on any atom is -0.394 e. The zero-order valence-electron chi connectivity index (χ0n) is 35.8. The maximum absolute atomic E-state index is 14.9. The highest BCUT2D eigenvalue weighted by Gasteiger charge is 2.50. The molecule has 9 nitrogen and oxygen atoms in total. The second kappa shape index (κ2) is 20.7. The Hall–Kier alpha value is -3.96. The van der Waals surface area contributed by atoms with Gasteiger partial charge in [0.1, 0.15) is 0 Å². The molecule has 2 saturated heterocycles. The molecule has 0 aromatic heterocycles. The van der Waals surface area contributed by atoms with Crippen molar-refractivity contribution < 1.29 is 33.8 Å². The van der Waals surface area contributed by atoms with Crippen molar-refractivity contribution in [3.63, 3.8) is 0 Å². The van der Waals surface area contributed by atoms with Crippen molar-refractivity contribution in [1.82, 2.24) is 9.80 Å². The number of piperidine rings is 2. The van der Waals surface area contributed by atoms with Gasteiger partial charge in [-0.25, -0.2) is 0 Å². The van der Waals surface area contributed by atoms with Gasteiger partial charge >= 0.3 is 11.9 Å². The summed E-state index contributed by atoms with van der Waals surface area (Å²) >= 11 is 25.8. The Morgan fingerprint density at radius 1 is 0.656 bits per heavy atom. The number of hydrogen-bond acceptors (Lipinski definition) is 7. The topological polar surface area (TPSA) is 113 Å². The lowest BCUT2D eigenvalue weighted by Gasteiger charge is -2.48. The van der Waals surface area contributed by atoms with Gasteiger partial charge in [-0.05, 0) is 128 Å². The standard InChI is InChI=1S/C51H54Cl4N2O7/c1-2-42(29-63-28-30-9-10-30)56-48(32-13-17-38(52)18-14-32)43(34-5-3-7-40(54)21-34)23-36(50(56)61)25-46(59)64-47(60)26-37-24-44(35-6-4-8-41(55)22-35)49(33-15-19-39(53)20-16-33)57(51(37)62)45(27-58)31-11-12-31/h3-8,13-22,30-31,36-37,42-45,48-49,58H,2,9-12,23-29H2,1H3. The maximum atomic E-state index is 14.9. The smallest absolute Gasteiger partial charge is 0.314 e. The van der Waals surface area contributed by atoms with Gasteiger partial charge in [-0.3, -0.25) is 19.2 Å². The molecule has 4 aliphatic rings. The fraction of sp³-hybridized carbons (Fsp3) is 0.451. The molecule has 0 spiro atoms. The average Bonchev–Trinajstić information content (AvgIpc) is 4.22. The van der Waals surface area contributed by atoms with Crippen molar-refractivity contribution >= 4 is 70.2 Å². The number of carbonyl (C=O) groups is 4. The van der Waals surface area contributed by atoms with E-state index in [2.05, 4.69) is 0 Å². The quantitative estimate of drug-likeness (QED) is 0.0828. The van der Waals surface area contributed by atoms with Crippen LogP contribution < -0.4 is 0 Å². The largest absolute Gasteiger partial charge is 0.394 e. The predicted octanol–water partition coefficient (Wildman–Crippen LogP) is 11.2. The molecule has 4 aromatic rings. The summed E-state index contributed by atoms with van der Waals surface area (Å²) in [7, 11) is 0. The Morgan fingerprint density at radius 3 is 1.58 bits per heavy atom. The molecule has 4 aromatic carbocycles. The van der Waals surface area contributed by atoms with Crippen LogP contribution in [0.15, 0.2) is 97.1 Å². The molecule has 8 atom stereocenters. The zero-order chi connectivity index (χ0) is 45.1. The van der Waals surface area contributed by atoms with Crippen LogP contribution >= 0.6 is 46.4 Å². The zero-order valence-corrected chi connectivity index (χ0v) is 38.8. The van der Waals surface area contributed by atoms with Gasteiger partial charge in [0.05, 0.1) is 50.2 Å². The number of aliphatic hydroxyl groups excluding tert-OH is 1. The predicted molar refractivity (Wildman–Crippen MR) is 248 cm³/mol. The number of ether oxygens (including phenoxy) is 2. The highest BCUT2D eigenvalue weighted by Crippen LogP contribution is 2.51. The molecule has 338 valence electrons. The highest BCUT2D eigenvalue weighted by molar-refractivity contribution is 6.31. The van der Waals surface area contributed by atoms with E-state index in [1.54, 1.807) is 29.2 Å². The lowest BCUT2D eigenvalue weighted by Crippen LogP contribution is -2.54. The van der Waals surface area contributed by atoms with Crippen molar-refractivity contribution in [3.05, 3.63) is 139 Å². The lowest BCUT2D eigenvalue weighted by molar-refractivity contribution is -0.167. The first-order chi connectivity index (χ1) is 30.9. The number of benzene rings is 4. The van der Waals surface area contributed by atoms with Gasteiger partial charge in [0.2, 0.25) is 11.8 Å². The average molecular weight is 949 g/mol. The van der Waals surface area contributed by atoms with E-state index in [0.29, 0.717) is 52.1 Å². The van der Waals surface area contributed by atoms with Gasteiger partial charge in [-0.1, -0.05) is 102 Å². The fourth-order valence-corrected chi connectivity index (χ4v) is 10.7. The molecule has 0 radical (unpaired) electrons. The third kappa shape index (κ3) is 10.8. The minimum atomic E-state index is -0.860. The number of aliphatic hydroxyl groups is 1. The molecule has 2 amide bonds. The number of rotatable bonds is 17. The second-order valence-electron chi connectivity index (χ2n) is 18.1. The van der Waals surface area contributed by atoms with Gasteiger partial charge in [-0.15, -0.1) is 0 Å². The van der Waals surface area contributed by atoms with Crippen LogP contribution in [0, 0.1) is 23.7 Å². The van der Waals surface area contributed by atoms with E-state index in [9.17, 15) is 24.3 Å². The lowest BCUT2D eigenvalue weighted by atomic mass is 9.74. The van der Waals surface area contributed by atoms with E-state index in [0.717, 1.165) is 47.9 Å². The summed E-state index contributed by atoms with van der Waals surface area (Å²) < 4.78 is 11.8. The number of esters is 2. The molecule has 2 saturated carbocycles. The SMILES string of the molecule is CCC(COCC1CC1)N1C(=O)C(CC(=O)OC(=O)CC2CC(c3cccc(Cl)c3)C(c3ccc(Cl)cc3)N(C(CO)C3CC3)C2=O)CC(c2cccc(Cl)c2)C1c1ccc(Cl)cc1. The van der Waals surface area contributed by atoms with Crippen LogP contribution in [0.3, 0.4) is 0 Å². The minimum absolute atomic E-state index is 0.107. The molecule has 2 aliphatic carbocycles. The maximum Gasteiger partial charge on any atom is 0.314 e. The Kier molecular flexibility index (Phi) is 15.1. The molecule has 2 aliphatic heterocycles. The van der Waals surface area contributed by atoms with E-state index in [1.807, 2.05) is 84.6 Å². The first kappa shape index (κ1) is 46.6. The van der Waals surface area contributed by atoms with E-state index in [4.69, 9.17) is 55.9 Å². The summed E-state index contributed by atoms with van der Waals surface area (Å²) in [6, 6.07) is 28.2. The summed E-state index contributed by atoms with van der Waals surface area (Å²) in [5.41, 5.74) is 3.53. The molecule has 8 unspecified atom stereocenters. The van der Waals surface area contributed by atoms with E-state index >= 15 is 0 Å². The van der Waals surface area contributed by atoms with Crippen molar-refractivity contribution in [2.75, 3.05) is 19.8 Å². The summed E-state index contributed by atoms with van der Waals surface area (Å²) in [6.45, 7) is 2.74. The van der Waals surface area contributed by atoms with Crippen molar-refractivity contribution in [2.24, 2.45) is 23.7 Å². The van der Waals surface area contributed by atoms with E-state index < -0.39 is 41.9 Å². The monoisotopic (exact) mass is 946 g/mol. The molecule has 1 N–H and O–H groups in total. The molecule has 8 rings (SSSR count). The molecule has 64 heavy (non-hydrogen) atoms. The third-order valence-electron chi connectivity index (χ3n) is 13.6. The van der Waals surface area contributed by atoms with Crippen molar-refractivity contribution in [3.8, 4) is 0 Å². The number of likely N-dealkylation sites (tertiary alicyclic amines) is 2. The molecular formula is C51H54Cl4N2O7. The number of carbonyl (C=O) groups excluding carboxylic acids is 4. The van der Waals surface area contributed by atoms with Gasteiger partial charge in [-0.2, -0.15) is 0 Å². The van der Waals surface area contributed by atoms with Crippen LogP contribution in [0.5, 0.6) is 0 Å². The molecule has 4 fully saturated rings. The summed E-state index contributed by atoms with van der Waals surface area (Å²) in [6.07, 6.45) is 4.47. The Balaban J connectivity index is 1.05. The number of nitrogens with zero attached hydrogens (tertiary/aromatic N) is 2. The number of halogens is 4. The Labute approximate surface area is 395 Å². The van der Waals surface area contributed by atoms with Crippen molar-refractivity contribution in [2.45, 2.75) is 101 Å². The first-order valence-electron chi connectivity index (χ1n) is 22.5. The van der Waals surface area contributed by atoms with Crippen LogP contribution in [0.1, 0.15) is 111 Å². The van der Waals surface area contributed by atoms with E-state index in [-0.39, 0.29) is 61.5 Å². The normalized spacial score (nSPS) is 24.7. The van der Waals surface area contributed by atoms with Crippen LogP contribution in [0.25, 0.3) is 0 Å². The van der Waals surface area contributed by atoms with Crippen molar-refractivity contribution in [1.29, 1.82) is 0 Å². The van der Waals surface area contributed by atoms with Crippen LogP contribution in [-0.4, -0.2) is 70.6 Å². The van der Waals surface area contributed by atoms with E-state index in [1.165, 1.54) is 0 Å². The number of amides is 2. The second-order valence-corrected chi connectivity index (χ2v) is 19.8. The molecule has 0 bridgehead atoms. The van der Waals surface area contributed by atoms with Crippen LogP contribution in [0.4, 0.5) is 0 Å². The summed E-state index contributed by atoms with van der Waals surface area (Å²) in [5, 5.41) is 13.0. The van der Waals surface area contributed by atoms with Crippen LogP contribution in [0.2, 0.25) is 20.1 Å². The van der Waals surface area contributed by atoms with Crippen LogP contribution in [-0.2, 0) is 28.7 Å². The molecular weight excluding hydrogens is 894 g/mol. The Morgan fingerprint density at radius 2 is 1.14 bits per heavy atom. The van der Waals surface area contributed by atoms with Gasteiger partial charge in [0, 0.05) is 50.4 Å². The first-order valence-corrected chi connectivity index (χ1v) is 24.0. The number of hydrogen-bond donors (Lipinski definition) is 1. The summed E-state index contributed by atoms with van der Waals surface area (Å²) in [4.78, 5) is 61.1. The highest BCUT2D eigenvalue weighted by atomic mass is 35.5. The van der Waals surface area contributed by atoms with Gasteiger partial charge in [0.15, 0.2) is 0 Å². The fourth-order valence-electron chi connectivity index (χ4n) is 10.1. The molecule has 13 heteroatoms. The molecule has 2 heterocycles. The summed E-state index contributed by atoms with van der Waals surface area (Å²) in [5.74, 6) is -3.85.